The van der Waals surface area contributed by atoms with Gasteiger partial charge in [0.1, 0.15) is 0 Å². The molecule has 0 saturated heterocycles. The van der Waals surface area contributed by atoms with Crippen molar-refractivity contribution in [1.29, 1.82) is 0 Å². The van der Waals surface area contributed by atoms with E-state index in [1.807, 2.05) is 6.07 Å². The highest BCUT2D eigenvalue weighted by molar-refractivity contribution is 7.16. The highest BCUT2D eigenvalue weighted by Crippen LogP contribution is 2.21. The molecule has 88 valence electrons. The largest absolute Gasteiger partial charge is 0.312 e. The lowest BCUT2D eigenvalue weighted by atomic mass is 10.3. The van der Waals surface area contributed by atoms with Gasteiger partial charge in [-0.05, 0) is 40.9 Å². The van der Waals surface area contributed by atoms with Crippen LogP contribution < -0.4 is 5.32 Å². The number of halogens is 2. The van der Waals surface area contributed by atoms with Crippen molar-refractivity contribution in [1.82, 2.24) is 5.32 Å². The average molecular weight is 294 g/mol. The fraction of sp³-hybridized carbons (Fsp3) is 0.273. The van der Waals surface area contributed by atoms with Gasteiger partial charge in [-0.3, -0.25) is 0 Å². The van der Waals surface area contributed by atoms with E-state index < -0.39 is 0 Å². The molecule has 0 fully saturated rings. The van der Waals surface area contributed by atoms with Crippen LogP contribution in [0.15, 0.2) is 29.0 Å². The van der Waals surface area contributed by atoms with Gasteiger partial charge in [-0.2, -0.15) is 11.3 Å². The molecule has 2 aromatic rings. The van der Waals surface area contributed by atoms with Gasteiger partial charge in [0.2, 0.25) is 0 Å². The molecule has 0 aliphatic heterocycles. The molecule has 0 atom stereocenters. The van der Waals surface area contributed by atoms with E-state index in [9.17, 15) is 0 Å². The minimum atomic E-state index is 0. The average Bonchev–Trinajstić information content (AvgIpc) is 2.84. The minimum Gasteiger partial charge on any atom is -0.312 e. The highest BCUT2D eigenvalue weighted by atomic mass is 35.5. The van der Waals surface area contributed by atoms with Gasteiger partial charge in [0.25, 0.3) is 0 Å². The van der Waals surface area contributed by atoms with E-state index >= 15 is 0 Å². The molecule has 5 heteroatoms. The second-order valence-corrected chi connectivity index (χ2v) is 5.84. The lowest BCUT2D eigenvalue weighted by molar-refractivity contribution is 0.692. The Hall–Kier alpha value is -0.0600. The highest BCUT2D eigenvalue weighted by Gasteiger charge is 1.97. The second-order valence-electron chi connectivity index (χ2n) is 3.26. The Balaban J connectivity index is 0.00000128. The fourth-order valence-electron chi connectivity index (χ4n) is 1.32. The van der Waals surface area contributed by atoms with Crippen molar-refractivity contribution in [2.75, 3.05) is 6.54 Å². The lowest BCUT2D eigenvalue weighted by Crippen LogP contribution is -2.15. The van der Waals surface area contributed by atoms with Crippen molar-refractivity contribution in [3.05, 3.63) is 43.7 Å². The van der Waals surface area contributed by atoms with Gasteiger partial charge in [0.05, 0.1) is 4.34 Å². The standard InChI is InChI=1S/C11H12ClNS2.ClH/c12-11-2-1-10(15-11)3-5-13-7-9-4-6-14-8-9;/h1-2,4,6,8,13H,3,5,7H2;1H. The maximum atomic E-state index is 5.85. The van der Waals surface area contributed by atoms with Crippen molar-refractivity contribution in [2.45, 2.75) is 13.0 Å². The smallest absolute Gasteiger partial charge is 0.0931 e. The zero-order valence-electron chi connectivity index (χ0n) is 8.61. The predicted octanol–water partition coefficient (Wildman–Crippen LogP) is 4.22. The second kappa shape index (κ2) is 7.30. The molecule has 2 rings (SSSR count). The van der Waals surface area contributed by atoms with Gasteiger partial charge in [-0.25, -0.2) is 0 Å². The Labute approximate surface area is 115 Å². The molecule has 0 unspecified atom stereocenters. The predicted molar refractivity (Wildman–Crippen MR) is 76.3 cm³/mol. The molecule has 2 aromatic heterocycles. The van der Waals surface area contributed by atoms with Crippen molar-refractivity contribution in [2.24, 2.45) is 0 Å². The Morgan fingerprint density at radius 3 is 2.75 bits per heavy atom. The Bertz CT molecular complexity index is 398. The summed E-state index contributed by atoms with van der Waals surface area (Å²) < 4.78 is 0.878. The first-order valence-corrected chi connectivity index (χ1v) is 6.94. The Kier molecular flexibility index (Phi) is 6.39. The van der Waals surface area contributed by atoms with Gasteiger partial charge in [0, 0.05) is 18.0 Å². The van der Waals surface area contributed by atoms with Crippen LogP contribution in [0.3, 0.4) is 0 Å². The summed E-state index contributed by atoms with van der Waals surface area (Å²) in [6, 6.07) is 6.21. The van der Waals surface area contributed by atoms with E-state index in [2.05, 4.69) is 28.2 Å². The van der Waals surface area contributed by atoms with E-state index in [4.69, 9.17) is 11.6 Å². The monoisotopic (exact) mass is 293 g/mol. The first kappa shape index (κ1) is 14.0. The van der Waals surface area contributed by atoms with Crippen LogP contribution >= 0.6 is 46.7 Å². The molecule has 0 aliphatic carbocycles. The third kappa shape index (κ3) is 4.44. The summed E-state index contributed by atoms with van der Waals surface area (Å²) in [6.45, 7) is 1.97. The third-order valence-electron chi connectivity index (χ3n) is 2.09. The molecule has 0 aliphatic rings. The quantitative estimate of drug-likeness (QED) is 0.814. The maximum Gasteiger partial charge on any atom is 0.0931 e. The maximum absolute atomic E-state index is 5.85. The summed E-state index contributed by atoms with van der Waals surface area (Å²) in [5.41, 5.74) is 1.37. The number of thiophene rings is 2. The molecule has 1 N–H and O–H groups in total. The molecule has 0 spiro atoms. The SMILES string of the molecule is Cl.Clc1ccc(CCNCc2ccsc2)s1. The van der Waals surface area contributed by atoms with Crippen LogP contribution in [0.4, 0.5) is 0 Å². The van der Waals surface area contributed by atoms with Crippen LogP contribution in [0.1, 0.15) is 10.4 Å². The Morgan fingerprint density at radius 1 is 1.25 bits per heavy atom. The van der Waals surface area contributed by atoms with Gasteiger partial charge in [0.15, 0.2) is 0 Å². The molecule has 0 amide bonds. The first-order valence-electron chi connectivity index (χ1n) is 4.80. The molecular weight excluding hydrogens is 281 g/mol. The zero-order valence-corrected chi connectivity index (χ0v) is 11.8. The van der Waals surface area contributed by atoms with Crippen molar-refractivity contribution in [3.8, 4) is 0 Å². The topological polar surface area (TPSA) is 12.0 Å². The molecular formula is C11H13Cl2NS2. The van der Waals surface area contributed by atoms with E-state index in [1.54, 1.807) is 22.7 Å². The van der Waals surface area contributed by atoms with Crippen molar-refractivity contribution in [3.63, 3.8) is 0 Å². The van der Waals surface area contributed by atoms with Crippen LogP contribution in [0.2, 0.25) is 4.34 Å². The normalized spacial score (nSPS) is 10.1. The van der Waals surface area contributed by atoms with E-state index in [0.717, 1.165) is 23.8 Å². The van der Waals surface area contributed by atoms with E-state index in [1.165, 1.54) is 10.4 Å². The molecule has 1 nitrogen and oxygen atoms in total. The minimum absolute atomic E-state index is 0. The van der Waals surface area contributed by atoms with Gasteiger partial charge >= 0.3 is 0 Å². The Morgan fingerprint density at radius 2 is 2.12 bits per heavy atom. The number of nitrogens with one attached hydrogen (secondary N) is 1. The number of rotatable bonds is 5. The lowest BCUT2D eigenvalue weighted by Gasteiger charge is -2.01. The third-order valence-corrected chi connectivity index (χ3v) is 4.11. The van der Waals surface area contributed by atoms with Crippen LogP contribution in [0, 0.1) is 0 Å². The van der Waals surface area contributed by atoms with E-state index in [0.29, 0.717) is 0 Å². The summed E-state index contributed by atoms with van der Waals surface area (Å²) in [5.74, 6) is 0. The van der Waals surface area contributed by atoms with Crippen LogP contribution in [0.25, 0.3) is 0 Å². The molecule has 0 radical (unpaired) electrons. The van der Waals surface area contributed by atoms with Gasteiger partial charge in [-0.15, -0.1) is 23.7 Å². The van der Waals surface area contributed by atoms with Crippen molar-refractivity contribution >= 4 is 46.7 Å². The van der Waals surface area contributed by atoms with Gasteiger partial charge < -0.3 is 5.32 Å². The molecule has 0 bridgehead atoms. The summed E-state index contributed by atoms with van der Waals surface area (Å²) in [5, 5.41) is 7.70. The van der Waals surface area contributed by atoms with Crippen LogP contribution in [0.5, 0.6) is 0 Å². The summed E-state index contributed by atoms with van der Waals surface area (Å²) in [7, 11) is 0. The molecule has 0 saturated carbocycles. The first-order chi connectivity index (χ1) is 7.34. The number of hydrogen-bond donors (Lipinski definition) is 1. The van der Waals surface area contributed by atoms with Crippen LogP contribution in [-0.2, 0) is 13.0 Å². The molecule has 16 heavy (non-hydrogen) atoms. The summed E-state index contributed by atoms with van der Waals surface area (Å²) in [4.78, 5) is 1.35. The zero-order chi connectivity index (χ0) is 10.5. The van der Waals surface area contributed by atoms with Gasteiger partial charge in [-0.1, -0.05) is 11.6 Å². The van der Waals surface area contributed by atoms with Crippen LogP contribution in [-0.4, -0.2) is 6.54 Å². The number of hydrogen-bond acceptors (Lipinski definition) is 3. The summed E-state index contributed by atoms with van der Waals surface area (Å²) >= 11 is 9.26. The fourth-order valence-corrected chi connectivity index (χ4v) is 3.08. The van der Waals surface area contributed by atoms with Crippen molar-refractivity contribution < 1.29 is 0 Å². The molecule has 0 aromatic carbocycles. The van der Waals surface area contributed by atoms with E-state index in [-0.39, 0.29) is 12.4 Å². The summed E-state index contributed by atoms with van der Waals surface area (Å²) in [6.07, 6.45) is 1.06. The molecule has 2 heterocycles.